The van der Waals surface area contributed by atoms with Gasteiger partial charge < -0.3 is 10.1 Å². The molecule has 0 radical (unpaired) electrons. The standard InChI is InChI=1S/C18H25N3O2/c1-17(2,3)20-16-19-15(22)18(23-16)9-11-21(12-10-18)13-14-7-5-4-6-8-14/h4-8H,9-13H2,1-3H3,(H,19,20,22). The van der Waals surface area contributed by atoms with E-state index in [4.69, 9.17) is 4.74 Å². The molecule has 5 nitrogen and oxygen atoms in total. The normalized spacial score (nSPS) is 21.2. The van der Waals surface area contributed by atoms with E-state index in [1.165, 1.54) is 5.56 Å². The van der Waals surface area contributed by atoms with E-state index in [1.807, 2.05) is 26.8 Å². The first-order valence-electron chi connectivity index (χ1n) is 8.23. The van der Waals surface area contributed by atoms with E-state index in [1.54, 1.807) is 0 Å². The molecule has 0 aromatic heterocycles. The third-order valence-electron chi connectivity index (χ3n) is 4.28. The Hall–Kier alpha value is -1.88. The van der Waals surface area contributed by atoms with Crippen molar-refractivity contribution in [3.63, 3.8) is 0 Å². The Labute approximate surface area is 137 Å². The molecule has 124 valence electrons. The molecule has 0 aliphatic carbocycles. The summed E-state index contributed by atoms with van der Waals surface area (Å²) in [5.74, 6) is -0.136. The number of amides is 1. The van der Waals surface area contributed by atoms with Crippen molar-refractivity contribution in [2.75, 3.05) is 13.1 Å². The number of benzene rings is 1. The molecule has 23 heavy (non-hydrogen) atoms. The molecule has 1 saturated heterocycles. The zero-order valence-corrected chi connectivity index (χ0v) is 14.1. The van der Waals surface area contributed by atoms with Crippen molar-refractivity contribution in [3.05, 3.63) is 35.9 Å². The van der Waals surface area contributed by atoms with Gasteiger partial charge >= 0.3 is 0 Å². The largest absolute Gasteiger partial charge is 0.448 e. The molecule has 5 heteroatoms. The minimum Gasteiger partial charge on any atom is -0.448 e. The van der Waals surface area contributed by atoms with Crippen molar-refractivity contribution in [3.8, 4) is 0 Å². The monoisotopic (exact) mass is 315 g/mol. The summed E-state index contributed by atoms with van der Waals surface area (Å²) < 4.78 is 5.94. The zero-order chi connectivity index (χ0) is 16.5. The van der Waals surface area contributed by atoms with E-state index < -0.39 is 5.60 Å². The van der Waals surface area contributed by atoms with Gasteiger partial charge in [0.25, 0.3) is 11.9 Å². The van der Waals surface area contributed by atoms with Crippen LogP contribution in [0.2, 0.25) is 0 Å². The lowest BCUT2D eigenvalue weighted by molar-refractivity contribution is -0.135. The van der Waals surface area contributed by atoms with Crippen LogP contribution in [0.4, 0.5) is 0 Å². The summed E-state index contributed by atoms with van der Waals surface area (Å²) in [6.07, 6.45) is 1.38. The Morgan fingerprint density at radius 3 is 2.48 bits per heavy atom. The second-order valence-electron chi connectivity index (χ2n) is 7.46. The molecule has 1 fully saturated rings. The van der Waals surface area contributed by atoms with Crippen molar-refractivity contribution in [2.45, 2.75) is 51.3 Å². The fourth-order valence-electron chi connectivity index (χ4n) is 3.05. The van der Waals surface area contributed by atoms with Crippen LogP contribution in [-0.2, 0) is 16.1 Å². The van der Waals surface area contributed by atoms with Crippen LogP contribution >= 0.6 is 0 Å². The van der Waals surface area contributed by atoms with Crippen LogP contribution in [0.25, 0.3) is 0 Å². The predicted molar refractivity (Wildman–Crippen MR) is 90.1 cm³/mol. The van der Waals surface area contributed by atoms with Crippen LogP contribution in [0.5, 0.6) is 0 Å². The van der Waals surface area contributed by atoms with Crippen molar-refractivity contribution in [1.82, 2.24) is 10.2 Å². The third-order valence-corrected chi connectivity index (χ3v) is 4.28. The summed E-state index contributed by atoms with van der Waals surface area (Å²) in [7, 11) is 0. The highest BCUT2D eigenvalue weighted by Gasteiger charge is 2.48. The van der Waals surface area contributed by atoms with E-state index in [0.717, 1.165) is 19.6 Å². The van der Waals surface area contributed by atoms with E-state index in [2.05, 4.69) is 39.5 Å². The number of ether oxygens (including phenoxy) is 1. The number of nitrogens with one attached hydrogen (secondary N) is 1. The maximum Gasteiger partial charge on any atom is 0.294 e. The SMILES string of the molecule is CC(C)(C)NC1=NC(=O)C2(CCN(Cc3ccccc3)CC2)O1. The molecule has 1 spiro atoms. The van der Waals surface area contributed by atoms with Crippen LogP contribution in [-0.4, -0.2) is 41.1 Å². The van der Waals surface area contributed by atoms with Gasteiger partial charge in [0, 0.05) is 38.0 Å². The maximum absolute atomic E-state index is 12.3. The minimum atomic E-state index is -0.749. The molecule has 1 N–H and O–H groups in total. The van der Waals surface area contributed by atoms with Gasteiger partial charge in [0.2, 0.25) is 0 Å². The number of likely N-dealkylation sites (tertiary alicyclic amines) is 1. The summed E-state index contributed by atoms with van der Waals surface area (Å²) >= 11 is 0. The Kier molecular flexibility index (Phi) is 4.15. The average molecular weight is 315 g/mol. The zero-order valence-electron chi connectivity index (χ0n) is 14.1. The second kappa shape index (κ2) is 5.96. The van der Waals surface area contributed by atoms with Gasteiger partial charge in [-0.05, 0) is 26.3 Å². The molecule has 1 amide bonds. The molecule has 3 rings (SSSR count). The summed E-state index contributed by atoms with van der Waals surface area (Å²) in [5.41, 5.74) is 0.382. The molecule has 2 aliphatic rings. The first kappa shape index (κ1) is 16.0. The Balaban J connectivity index is 1.58. The van der Waals surface area contributed by atoms with Gasteiger partial charge in [0.1, 0.15) is 0 Å². The highest BCUT2D eigenvalue weighted by atomic mass is 16.5. The molecule has 1 aromatic carbocycles. The first-order chi connectivity index (χ1) is 10.9. The van der Waals surface area contributed by atoms with E-state index in [0.29, 0.717) is 18.9 Å². The third kappa shape index (κ3) is 3.72. The van der Waals surface area contributed by atoms with E-state index >= 15 is 0 Å². The number of carbonyl (C=O) groups excluding carboxylic acids is 1. The first-order valence-corrected chi connectivity index (χ1v) is 8.23. The van der Waals surface area contributed by atoms with Crippen molar-refractivity contribution in [1.29, 1.82) is 0 Å². The number of carbonyl (C=O) groups is 1. The van der Waals surface area contributed by atoms with Gasteiger partial charge in [-0.25, -0.2) is 0 Å². The van der Waals surface area contributed by atoms with Crippen LogP contribution in [0, 0.1) is 0 Å². The van der Waals surface area contributed by atoms with E-state index in [9.17, 15) is 4.79 Å². The second-order valence-corrected chi connectivity index (χ2v) is 7.46. The van der Waals surface area contributed by atoms with Crippen molar-refractivity contribution >= 4 is 11.9 Å². The Bertz CT molecular complexity index is 596. The number of aliphatic imine (C=N–C) groups is 1. The molecular weight excluding hydrogens is 290 g/mol. The summed E-state index contributed by atoms with van der Waals surface area (Å²) in [6.45, 7) is 8.68. The van der Waals surface area contributed by atoms with Crippen molar-refractivity contribution < 1.29 is 9.53 Å². The number of hydrogen-bond donors (Lipinski definition) is 1. The van der Waals surface area contributed by atoms with Crippen LogP contribution in [0.15, 0.2) is 35.3 Å². The molecule has 0 saturated carbocycles. The topological polar surface area (TPSA) is 53.9 Å². The van der Waals surface area contributed by atoms with Gasteiger partial charge in [-0.15, -0.1) is 0 Å². The minimum absolute atomic E-state index is 0.136. The fraction of sp³-hybridized carbons (Fsp3) is 0.556. The maximum atomic E-state index is 12.3. The molecular formula is C18H25N3O2. The Morgan fingerprint density at radius 2 is 1.87 bits per heavy atom. The number of amidine groups is 1. The van der Waals surface area contributed by atoms with Gasteiger partial charge in [-0.1, -0.05) is 30.3 Å². The predicted octanol–water partition coefficient (Wildman–Crippen LogP) is 2.32. The van der Waals surface area contributed by atoms with E-state index in [-0.39, 0.29) is 11.4 Å². The van der Waals surface area contributed by atoms with Gasteiger partial charge in [-0.3, -0.25) is 9.69 Å². The van der Waals surface area contributed by atoms with Gasteiger partial charge in [0.05, 0.1) is 0 Å². The summed E-state index contributed by atoms with van der Waals surface area (Å²) in [6, 6.07) is 10.8. The van der Waals surface area contributed by atoms with Crippen molar-refractivity contribution in [2.24, 2.45) is 4.99 Å². The number of rotatable bonds is 2. The highest BCUT2D eigenvalue weighted by Crippen LogP contribution is 2.32. The van der Waals surface area contributed by atoms with Crippen LogP contribution in [0.3, 0.4) is 0 Å². The van der Waals surface area contributed by atoms with Crippen LogP contribution < -0.4 is 5.32 Å². The molecule has 0 unspecified atom stereocenters. The quantitative estimate of drug-likeness (QED) is 0.910. The highest BCUT2D eigenvalue weighted by molar-refractivity contribution is 6.01. The molecule has 0 atom stereocenters. The lowest BCUT2D eigenvalue weighted by Gasteiger charge is -2.37. The summed E-state index contributed by atoms with van der Waals surface area (Å²) in [5, 5.41) is 3.16. The lowest BCUT2D eigenvalue weighted by atomic mass is 9.90. The lowest BCUT2D eigenvalue weighted by Crippen LogP contribution is -2.50. The Morgan fingerprint density at radius 1 is 1.22 bits per heavy atom. The number of hydrogen-bond acceptors (Lipinski definition) is 4. The molecule has 2 heterocycles. The summed E-state index contributed by atoms with van der Waals surface area (Å²) in [4.78, 5) is 18.8. The molecule has 1 aromatic rings. The molecule has 2 aliphatic heterocycles. The number of nitrogens with zero attached hydrogens (tertiary/aromatic N) is 2. The van der Waals surface area contributed by atoms with Gasteiger partial charge in [-0.2, -0.15) is 4.99 Å². The smallest absolute Gasteiger partial charge is 0.294 e. The van der Waals surface area contributed by atoms with Crippen LogP contribution in [0.1, 0.15) is 39.2 Å². The molecule has 0 bridgehead atoms. The fourth-order valence-corrected chi connectivity index (χ4v) is 3.05. The number of piperidine rings is 1. The average Bonchev–Trinajstić information content (AvgIpc) is 2.76. The van der Waals surface area contributed by atoms with Gasteiger partial charge in [0.15, 0.2) is 5.60 Å².